The summed E-state index contributed by atoms with van der Waals surface area (Å²) in [5.41, 5.74) is 0. The van der Waals surface area contributed by atoms with Crippen LogP contribution in [0.3, 0.4) is 0 Å². The third-order valence-corrected chi connectivity index (χ3v) is 4.77. The van der Waals surface area contributed by atoms with Gasteiger partial charge in [0.05, 0.1) is 19.1 Å². The van der Waals surface area contributed by atoms with Gasteiger partial charge >= 0.3 is 11.9 Å². The Morgan fingerprint density at radius 2 is 1.64 bits per heavy atom. The van der Waals surface area contributed by atoms with Crippen LogP contribution in [0.25, 0.3) is 0 Å². The van der Waals surface area contributed by atoms with Gasteiger partial charge in [-0.1, -0.05) is 33.8 Å². The lowest BCUT2D eigenvalue weighted by molar-refractivity contribution is -0.140. The first kappa shape index (κ1) is 23.7. The van der Waals surface area contributed by atoms with E-state index in [-0.39, 0.29) is 11.9 Å². The van der Waals surface area contributed by atoms with Crippen molar-refractivity contribution in [2.24, 2.45) is 11.8 Å². The molecule has 0 unspecified atom stereocenters. The van der Waals surface area contributed by atoms with Gasteiger partial charge in [0.1, 0.15) is 11.5 Å². The Labute approximate surface area is 169 Å². The van der Waals surface area contributed by atoms with Gasteiger partial charge in [0.15, 0.2) is 0 Å². The summed E-state index contributed by atoms with van der Waals surface area (Å²) >= 11 is 0. The average molecular weight is 391 g/mol. The first-order valence-electron chi connectivity index (χ1n) is 10.4. The second-order valence-electron chi connectivity index (χ2n) is 6.59. The van der Waals surface area contributed by atoms with Gasteiger partial charge in [-0.2, -0.15) is 0 Å². The summed E-state index contributed by atoms with van der Waals surface area (Å²) in [7, 11) is 0. The van der Waals surface area contributed by atoms with E-state index < -0.39 is 5.97 Å². The van der Waals surface area contributed by atoms with E-state index in [1.165, 1.54) is 6.42 Å². The molecule has 0 aliphatic heterocycles. The van der Waals surface area contributed by atoms with E-state index in [2.05, 4.69) is 13.5 Å². The molecule has 1 aromatic rings. The van der Waals surface area contributed by atoms with Gasteiger partial charge in [0.2, 0.25) is 0 Å². The topological polar surface area (TPSA) is 61.8 Å². The van der Waals surface area contributed by atoms with Crippen molar-refractivity contribution >= 4 is 11.9 Å². The zero-order chi connectivity index (χ0) is 20.8. The van der Waals surface area contributed by atoms with Crippen molar-refractivity contribution < 1.29 is 23.8 Å². The molecule has 0 saturated heterocycles. The quantitative estimate of drug-likeness (QED) is 0.247. The molecule has 1 aliphatic carbocycles. The van der Waals surface area contributed by atoms with Crippen LogP contribution in [0.1, 0.15) is 59.3 Å². The van der Waals surface area contributed by atoms with Crippen molar-refractivity contribution in [3.05, 3.63) is 36.9 Å². The van der Waals surface area contributed by atoms with Crippen LogP contribution in [0.15, 0.2) is 36.9 Å². The highest BCUT2D eigenvalue weighted by molar-refractivity contribution is 5.81. The zero-order valence-electron chi connectivity index (χ0n) is 17.4. The van der Waals surface area contributed by atoms with E-state index in [4.69, 9.17) is 14.2 Å². The second-order valence-corrected chi connectivity index (χ2v) is 6.59. The molecule has 0 radical (unpaired) electrons. The lowest BCUT2D eigenvalue weighted by Gasteiger charge is -2.26. The van der Waals surface area contributed by atoms with Crippen molar-refractivity contribution in [3.8, 4) is 11.5 Å². The summed E-state index contributed by atoms with van der Waals surface area (Å²) in [6, 6.07) is 7.02. The van der Waals surface area contributed by atoms with Crippen molar-refractivity contribution in [2.75, 3.05) is 13.2 Å². The van der Waals surface area contributed by atoms with Crippen LogP contribution in [0.2, 0.25) is 0 Å². The minimum absolute atomic E-state index is 0.0204. The summed E-state index contributed by atoms with van der Waals surface area (Å²) in [6.07, 6.45) is 7.01. The summed E-state index contributed by atoms with van der Waals surface area (Å²) in [5.74, 6) is 1.45. The summed E-state index contributed by atoms with van der Waals surface area (Å²) < 4.78 is 15.9. The van der Waals surface area contributed by atoms with Crippen LogP contribution >= 0.6 is 0 Å². The van der Waals surface area contributed by atoms with Crippen LogP contribution in [0.4, 0.5) is 0 Å². The van der Waals surface area contributed by atoms with Gasteiger partial charge in [-0.3, -0.25) is 4.79 Å². The molecule has 0 heterocycles. The van der Waals surface area contributed by atoms with Gasteiger partial charge < -0.3 is 14.2 Å². The normalized spacial score (nSPS) is 18.2. The van der Waals surface area contributed by atoms with E-state index in [0.29, 0.717) is 31.1 Å². The standard InChI is InChI=1S/C21H28O5.C2H6/c1-3-16-6-8-17(9-7-16)21(23)26-19-12-10-18(11-13-19)24-14-5-15-25-20(22)4-2;1-2/h4,10-13,16-17H,2-3,5-9,14-15H2,1H3;1-2H3. The first-order chi connectivity index (χ1) is 13.6. The van der Waals surface area contributed by atoms with Gasteiger partial charge in [0, 0.05) is 12.5 Å². The number of hydrogen-bond acceptors (Lipinski definition) is 5. The predicted molar refractivity (Wildman–Crippen MR) is 110 cm³/mol. The summed E-state index contributed by atoms with van der Waals surface area (Å²) in [4.78, 5) is 23.2. The fraction of sp³-hybridized carbons (Fsp3) is 0.565. The number of carbonyl (C=O) groups excluding carboxylic acids is 2. The highest BCUT2D eigenvalue weighted by atomic mass is 16.5. The zero-order valence-corrected chi connectivity index (χ0v) is 17.4. The minimum atomic E-state index is -0.431. The Morgan fingerprint density at radius 3 is 2.21 bits per heavy atom. The van der Waals surface area contributed by atoms with Crippen molar-refractivity contribution in [3.63, 3.8) is 0 Å². The number of rotatable bonds is 9. The molecule has 0 N–H and O–H groups in total. The first-order valence-corrected chi connectivity index (χ1v) is 10.4. The molecule has 5 heteroatoms. The lowest BCUT2D eigenvalue weighted by Crippen LogP contribution is -2.25. The monoisotopic (exact) mass is 390 g/mol. The molecule has 1 fully saturated rings. The Hall–Kier alpha value is -2.30. The van der Waals surface area contributed by atoms with E-state index in [9.17, 15) is 9.59 Å². The largest absolute Gasteiger partial charge is 0.493 e. The maximum Gasteiger partial charge on any atom is 0.330 e. The van der Waals surface area contributed by atoms with Gasteiger partial charge in [-0.15, -0.1) is 0 Å². The molecule has 1 aromatic carbocycles. The Balaban J connectivity index is 0.00000190. The minimum Gasteiger partial charge on any atom is -0.493 e. The number of ether oxygens (including phenoxy) is 3. The fourth-order valence-corrected chi connectivity index (χ4v) is 3.09. The summed E-state index contributed by atoms with van der Waals surface area (Å²) in [6.45, 7) is 10.3. The maximum atomic E-state index is 12.3. The van der Waals surface area contributed by atoms with E-state index in [1.54, 1.807) is 24.3 Å². The molecule has 1 saturated carbocycles. The number of carbonyl (C=O) groups is 2. The van der Waals surface area contributed by atoms with Crippen molar-refractivity contribution in [1.82, 2.24) is 0 Å². The molecule has 5 nitrogen and oxygen atoms in total. The van der Waals surface area contributed by atoms with Gasteiger partial charge in [-0.25, -0.2) is 4.79 Å². The SMILES string of the molecule is C=CC(=O)OCCCOc1ccc(OC(=O)C2CCC(CC)CC2)cc1.CC. The van der Waals surface area contributed by atoms with Gasteiger partial charge in [-0.05, 0) is 55.9 Å². The van der Waals surface area contributed by atoms with Crippen LogP contribution in [0.5, 0.6) is 11.5 Å². The number of esters is 2. The second kappa shape index (κ2) is 13.8. The number of hydrogen-bond donors (Lipinski definition) is 0. The highest BCUT2D eigenvalue weighted by Crippen LogP contribution is 2.31. The van der Waals surface area contributed by atoms with E-state index >= 15 is 0 Å². The van der Waals surface area contributed by atoms with Crippen LogP contribution < -0.4 is 9.47 Å². The molecule has 0 aromatic heterocycles. The highest BCUT2D eigenvalue weighted by Gasteiger charge is 2.26. The van der Waals surface area contributed by atoms with E-state index in [1.807, 2.05) is 13.8 Å². The Bertz CT molecular complexity index is 586. The molecule has 0 amide bonds. The number of benzene rings is 1. The van der Waals surface area contributed by atoms with Crippen molar-refractivity contribution in [1.29, 1.82) is 0 Å². The predicted octanol–water partition coefficient (Wildman–Crippen LogP) is 5.33. The molecule has 0 spiro atoms. The third kappa shape index (κ3) is 8.59. The third-order valence-electron chi connectivity index (χ3n) is 4.77. The van der Waals surface area contributed by atoms with E-state index in [0.717, 1.165) is 37.7 Å². The van der Waals surface area contributed by atoms with Gasteiger partial charge in [0.25, 0.3) is 0 Å². The molecule has 0 bridgehead atoms. The van der Waals surface area contributed by atoms with Crippen LogP contribution in [-0.4, -0.2) is 25.2 Å². The molecule has 0 atom stereocenters. The summed E-state index contributed by atoms with van der Waals surface area (Å²) in [5, 5.41) is 0. The smallest absolute Gasteiger partial charge is 0.330 e. The lowest BCUT2D eigenvalue weighted by atomic mass is 9.81. The molecule has 2 rings (SSSR count). The Kier molecular flexibility index (Phi) is 11.7. The van der Waals surface area contributed by atoms with Crippen LogP contribution in [0, 0.1) is 11.8 Å². The Morgan fingerprint density at radius 1 is 1.04 bits per heavy atom. The van der Waals surface area contributed by atoms with Crippen molar-refractivity contribution in [2.45, 2.75) is 59.3 Å². The molecular formula is C23H34O5. The molecule has 28 heavy (non-hydrogen) atoms. The fourth-order valence-electron chi connectivity index (χ4n) is 3.09. The molecular weight excluding hydrogens is 356 g/mol. The maximum absolute atomic E-state index is 12.3. The molecule has 1 aliphatic rings. The average Bonchev–Trinajstić information content (AvgIpc) is 2.75. The van der Waals surface area contributed by atoms with Crippen LogP contribution in [-0.2, 0) is 14.3 Å². The molecule has 156 valence electrons.